The van der Waals surface area contributed by atoms with Crippen molar-refractivity contribution >= 4 is 5.91 Å². The summed E-state index contributed by atoms with van der Waals surface area (Å²) in [5.74, 6) is 0.283. The van der Waals surface area contributed by atoms with E-state index >= 15 is 0 Å². The van der Waals surface area contributed by atoms with Gasteiger partial charge in [0.1, 0.15) is 0 Å². The van der Waals surface area contributed by atoms with Crippen LogP contribution in [0.2, 0.25) is 0 Å². The van der Waals surface area contributed by atoms with Crippen LogP contribution in [0.1, 0.15) is 42.9 Å². The zero-order chi connectivity index (χ0) is 12.7. The molecule has 1 saturated carbocycles. The molecule has 2 aliphatic rings. The van der Waals surface area contributed by atoms with Crippen molar-refractivity contribution in [3.8, 4) is 0 Å². The standard InChI is InChI=1S/C15H20N2O/c1-10-3-2-4-11(9-10)15-13(16)7-8-14(18)17(15)12-5-6-12/h2-4,9,12-13,15H,5-8,16H2,1H3. The summed E-state index contributed by atoms with van der Waals surface area (Å²) >= 11 is 0. The number of piperidine rings is 1. The first-order valence-corrected chi connectivity index (χ1v) is 6.80. The van der Waals surface area contributed by atoms with Crippen LogP contribution >= 0.6 is 0 Å². The Morgan fingerprint density at radius 2 is 2.06 bits per heavy atom. The molecule has 2 fully saturated rings. The molecule has 1 amide bonds. The van der Waals surface area contributed by atoms with Gasteiger partial charge in [-0.05, 0) is 31.7 Å². The van der Waals surface area contributed by atoms with Gasteiger partial charge >= 0.3 is 0 Å². The van der Waals surface area contributed by atoms with E-state index in [0.717, 1.165) is 19.3 Å². The maximum absolute atomic E-state index is 12.2. The average Bonchev–Trinajstić information content (AvgIpc) is 3.16. The Balaban J connectivity index is 1.96. The molecule has 1 aromatic rings. The minimum absolute atomic E-state index is 0.0742. The third-order valence-corrected chi connectivity index (χ3v) is 4.01. The number of nitrogens with two attached hydrogens (primary N) is 1. The Kier molecular flexibility index (Phi) is 2.86. The van der Waals surface area contributed by atoms with E-state index < -0.39 is 0 Å². The minimum atomic E-state index is 0.0742. The molecule has 3 heteroatoms. The molecule has 1 aliphatic carbocycles. The maximum Gasteiger partial charge on any atom is 0.223 e. The van der Waals surface area contributed by atoms with E-state index in [0.29, 0.717) is 12.5 Å². The first-order valence-electron chi connectivity index (χ1n) is 6.80. The van der Waals surface area contributed by atoms with Gasteiger partial charge in [-0.15, -0.1) is 0 Å². The second-order valence-corrected chi connectivity index (χ2v) is 5.59. The molecule has 1 saturated heterocycles. The summed E-state index contributed by atoms with van der Waals surface area (Å²) in [5, 5.41) is 0. The van der Waals surface area contributed by atoms with Crippen LogP contribution in [-0.2, 0) is 4.79 Å². The molecule has 18 heavy (non-hydrogen) atoms. The molecule has 0 radical (unpaired) electrons. The van der Waals surface area contributed by atoms with Gasteiger partial charge in [0.2, 0.25) is 5.91 Å². The molecule has 1 aliphatic heterocycles. The van der Waals surface area contributed by atoms with Gasteiger partial charge in [0, 0.05) is 18.5 Å². The van der Waals surface area contributed by atoms with Crippen LogP contribution in [0.25, 0.3) is 0 Å². The Morgan fingerprint density at radius 1 is 1.28 bits per heavy atom. The van der Waals surface area contributed by atoms with Gasteiger partial charge in [0.15, 0.2) is 0 Å². The second-order valence-electron chi connectivity index (χ2n) is 5.59. The number of nitrogens with zero attached hydrogens (tertiary/aromatic N) is 1. The zero-order valence-corrected chi connectivity index (χ0v) is 10.8. The zero-order valence-electron chi connectivity index (χ0n) is 10.8. The lowest BCUT2D eigenvalue weighted by Gasteiger charge is -2.40. The lowest BCUT2D eigenvalue weighted by atomic mass is 9.89. The van der Waals surface area contributed by atoms with Crippen molar-refractivity contribution in [3.63, 3.8) is 0 Å². The van der Waals surface area contributed by atoms with Crippen molar-refractivity contribution in [2.45, 2.75) is 50.7 Å². The van der Waals surface area contributed by atoms with Crippen LogP contribution in [-0.4, -0.2) is 22.9 Å². The number of hydrogen-bond donors (Lipinski definition) is 1. The number of rotatable bonds is 2. The monoisotopic (exact) mass is 244 g/mol. The van der Waals surface area contributed by atoms with Crippen molar-refractivity contribution in [3.05, 3.63) is 35.4 Å². The highest BCUT2D eigenvalue weighted by molar-refractivity contribution is 5.78. The van der Waals surface area contributed by atoms with E-state index in [1.807, 2.05) is 0 Å². The van der Waals surface area contributed by atoms with Gasteiger partial charge in [-0.2, -0.15) is 0 Å². The predicted octanol–water partition coefficient (Wildman–Crippen LogP) is 2.15. The van der Waals surface area contributed by atoms with Crippen LogP contribution in [0.4, 0.5) is 0 Å². The first kappa shape index (κ1) is 11.7. The second kappa shape index (κ2) is 4.39. The first-order chi connectivity index (χ1) is 8.66. The minimum Gasteiger partial charge on any atom is -0.331 e. The number of amides is 1. The van der Waals surface area contributed by atoms with Crippen LogP contribution in [0, 0.1) is 6.92 Å². The predicted molar refractivity (Wildman–Crippen MR) is 71.0 cm³/mol. The molecule has 3 nitrogen and oxygen atoms in total. The van der Waals surface area contributed by atoms with Crippen molar-refractivity contribution in [2.75, 3.05) is 0 Å². The SMILES string of the molecule is Cc1cccc(C2C(N)CCC(=O)N2C2CC2)c1. The van der Waals surface area contributed by atoms with Gasteiger partial charge in [-0.25, -0.2) is 0 Å². The summed E-state index contributed by atoms with van der Waals surface area (Å²) in [6.45, 7) is 2.08. The van der Waals surface area contributed by atoms with Crippen LogP contribution in [0.3, 0.4) is 0 Å². The number of likely N-dealkylation sites (tertiary alicyclic amines) is 1. The summed E-state index contributed by atoms with van der Waals surface area (Å²) in [5.41, 5.74) is 8.71. The average molecular weight is 244 g/mol. The van der Waals surface area contributed by atoms with E-state index in [9.17, 15) is 4.79 Å². The Bertz CT molecular complexity index is 467. The van der Waals surface area contributed by atoms with E-state index in [2.05, 4.69) is 36.1 Å². The summed E-state index contributed by atoms with van der Waals surface area (Å²) in [6, 6.07) is 9.00. The molecule has 2 unspecified atom stereocenters. The maximum atomic E-state index is 12.2. The lowest BCUT2D eigenvalue weighted by Crippen LogP contribution is -2.49. The highest BCUT2D eigenvalue weighted by atomic mass is 16.2. The summed E-state index contributed by atoms with van der Waals surface area (Å²) in [4.78, 5) is 14.2. The third-order valence-electron chi connectivity index (χ3n) is 4.01. The van der Waals surface area contributed by atoms with Gasteiger partial charge in [-0.1, -0.05) is 29.8 Å². The van der Waals surface area contributed by atoms with Gasteiger partial charge in [-0.3, -0.25) is 4.79 Å². The van der Waals surface area contributed by atoms with Gasteiger partial charge in [0.25, 0.3) is 0 Å². The molecule has 0 aromatic heterocycles. The van der Waals surface area contributed by atoms with Crippen LogP contribution in [0.15, 0.2) is 24.3 Å². The van der Waals surface area contributed by atoms with Crippen molar-refractivity contribution in [1.29, 1.82) is 0 Å². The molecule has 1 heterocycles. The largest absolute Gasteiger partial charge is 0.331 e. The van der Waals surface area contributed by atoms with E-state index in [4.69, 9.17) is 5.73 Å². The van der Waals surface area contributed by atoms with Crippen molar-refractivity contribution < 1.29 is 4.79 Å². The number of carbonyl (C=O) groups is 1. The van der Waals surface area contributed by atoms with E-state index in [1.54, 1.807) is 0 Å². The number of aryl methyl sites for hydroxylation is 1. The van der Waals surface area contributed by atoms with E-state index in [1.165, 1.54) is 11.1 Å². The molecule has 1 aromatic carbocycles. The lowest BCUT2D eigenvalue weighted by molar-refractivity contribution is -0.138. The fourth-order valence-corrected chi connectivity index (χ4v) is 2.98. The smallest absolute Gasteiger partial charge is 0.223 e. The van der Waals surface area contributed by atoms with Gasteiger partial charge < -0.3 is 10.6 Å². The fourth-order valence-electron chi connectivity index (χ4n) is 2.98. The number of carbonyl (C=O) groups excluding carboxylic acids is 1. The van der Waals surface area contributed by atoms with Crippen molar-refractivity contribution in [2.24, 2.45) is 5.73 Å². The molecule has 2 N–H and O–H groups in total. The Labute approximate surface area is 108 Å². The van der Waals surface area contributed by atoms with Crippen molar-refractivity contribution in [1.82, 2.24) is 4.90 Å². The molecule has 3 rings (SSSR count). The summed E-state index contributed by atoms with van der Waals surface area (Å²) in [6.07, 6.45) is 3.70. The molecule has 0 bridgehead atoms. The van der Waals surface area contributed by atoms with Gasteiger partial charge in [0.05, 0.1) is 6.04 Å². The topological polar surface area (TPSA) is 46.3 Å². The Hall–Kier alpha value is -1.35. The van der Waals surface area contributed by atoms with Crippen LogP contribution < -0.4 is 5.73 Å². The quantitative estimate of drug-likeness (QED) is 0.866. The van der Waals surface area contributed by atoms with E-state index in [-0.39, 0.29) is 18.0 Å². The molecular weight excluding hydrogens is 224 g/mol. The highest BCUT2D eigenvalue weighted by Gasteiger charge is 2.42. The van der Waals surface area contributed by atoms with Crippen LogP contribution in [0.5, 0.6) is 0 Å². The summed E-state index contributed by atoms with van der Waals surface area (Å²) < 4.78 is 0. The summed E-state index contributed by atoms with van der Waals surface area (Å²) in [7, 11) is 0. The highest BCUT2D eigenvalue weighted by Crippen LogP contribution is 2.40. The molecule has 96 valence electrons. The fraction of sp³-hybridized carbons (Fsp3) is 0.533. The molecular formula is C15H20N2O. The number of hydrogen-bond acceptors (Lipinski definition) is 2. The molecule has 0 spiro atoms. The normalized spacial score (nSPS) is 28.6. The molecule has 2 atom stereocenters. The Morgan fingerprint density at radius 3 is 2.72 bits per heavy atom. The third kappa shape index (κ3) is 2.03. The number of benzene rings is 1.